The maximum absolute atomic E-state index is 14.1. The predicted molar refractivity (Wildman–Crippen MR) is 91.2 cm³/mol. The lowest BCUT2D eigenvalue weighted by molar-refractivity contribution is 0.412. The molecule has 6 heteroatoms. The number of nitrogens with two attached hydrogens (primary N) is 1. The number of hydrogen-bond acceptors (Lipinski definition) is 4. The van der Waals surface area contributed by atoms with Crippen molar-refractivity contribution in [1.82, 2.24) is 9.88 Å². The Bertz CT molecular complexity index is 705. The fourth-order valence-corrected chi connectivity index (χ4v) is 2.48. The van der Waals surface area contributed by atoms with Gasteiger partial charge in [0.1, 0.15) is 11.6 Å². The van der Waals surface area contributed by atoms with Crippen LogP contribution >= 0.6 is 0 Å². The zero-order valence-corrected chi connectivity index (χ0v) is 14.3. The molecule has 0 atom stereocenters. The number of hydrogen-bond donors (Lipinski definition) is 1. The van der Waals surface area contributed by atoms with Gasteiger partial charge in [-0.2, -0.15) is 0 Å². The smallest absolute Gasteiger partial charge is 0.162 e. The Hall–Kier alpha value is -2.21. The summed E-state index contributed by atoms with van der Waals surface area (Å²) in [6.07, 6.45) is 1.47. The van der Waals surface area contributed by atoms with E-state index in [1.165, 1.54) is 6.07 Å². The normalized spacial score (nSPS) is 11.1. The lowest BCUT2D eigenvalue weighted by Gasteiger charge is -2.12. The summed E-state index contributed by atoms with van der Waals surface area (Å²) in [5, 5.41) is 0. The van der Waals surface area contributed by atoms with Gasteiger partial charge >= 0.3 is 0 Å². The molecule has 0 saturated carbocycles. The molecule has 4 nitrogen and oxygen atoms in total. The average Bonchev–Trinajstić information content (AvgIpc) is 2.53. The second-order valence-corrected chi connectivity index (χ2v) is 6.03. The summed E-state index contributed by atoms with van der Waals surface area (Å²) < 4.78 is 33.0. The second kappa shape index (κ2) is 8.06. The van der Waals surface area contributed by atoms with Gasteiger partial charge in [-0.15, -0.1) is 0 Å². The van der Waals surface area contributed by atoms with Crippen LogP contribution in [0.4, 0.5) is 14.6 Å². The van der Waals surface area contributed by atoms with E-state index in [9.17, 15) is 8.78 Å². The van der Waals surface area contributed by atoms with Gasteiger partial charge in [0, 0.05) is 24.4 Å². The van der Waals surface area contributed by atoms with Gasteiger partial charge in [0.05, 0.1) is 7.11 Å². The molecule has 0 aliphatic rings. The average molecular weight is 335 g/mol. The molecule has 0 amide bonds. The van der Waals surface area contributed by atoms with Gasteiger partial charge in [0.15, 0.2) is 11.6 Å². The molecule has 0 spiro atoms. The van der Waals surface area contributed by atoms with E-state index in [0.717, 1.165) is 12.1 Å². The van der Waals surface area contributed by atoms with Crippen LogP contribution in [0.5, 0.6) is 5.75 Å². The number of nitrogen functional groups attached to an aromatic ring is 1. The van der Waals surface area contributed by atoms with Gasteiger partial charge < -0.3 is 15.4 Å². The minimum absolute atomic E-state index is 0.343. The highest BCUT2D eigenvalue weighted by atomic mass is 19.2. The van der Waals surface area contributed by atoms with Crippen LogP contribution in [0.25, 0.3) is 0 Å². The Labute approximate surface area is 141 Å². The Morgan fingerprint density at radius 2 is 1.83 bits per heavy atom. The molecule has 2 rings (SSSR count). The standard InChI is InChI=1S/C18H23F2N3O/c1-23(2)7-6-12-8-13(18(20)16(19)9-12)4-5-14-10-15(24-3)11-17(21)22-14/h8-11H,4-7H2,1-3H3,(H2,21,22). The van der Waals surface area contributed by atoms with Crippen LogP contribution in [0.2, 0.25) is 0 Å². The minimum atomic E-state index is -0.806. The highest BCUT2D eigenvalue weighted by Crippen LogP contribution is 2.20. The number of rotatable bonds is 7. The second-order valence-electron chi connectivity index (χ2n) is 6.03. The number of aryl methyl sites for hydroxylation is 2. The molecule has 0 unspecified atom stereocenters. The monoisotopic (exact) mass is 335 g/mol. The number of anilines is 1. The Morgan fingerprint density at radius 1 is 1.08 bits per heavy atom. The van der Waals surface area contributed by atoms with Crippen molar-refractivity contribution in [3.8, 4) is 5.75 Å². The molecular formula is C18H23F2N3O. The van der Waals surface area contributed by atoms with Crippen LogP contribution in [0, 0.1) is 11.6 Å². The van der Waals surface area contributed by atoms with Gasteiger partial charge in [-0.25, -0.2) is 13.8 Å². The summed E-state index contributed by atoms with van der Waals surface area (Å²) in [6, 6.07) is 6.36. The van der Waals surface area contributed by atoms with E-state index in [2.05, 4.69) is 4.98 Å². The van der Waals surface area contributed by atoms with Gasteiger partial charge in [-0.3, -0.25) is 0 Å². The number of benzene rings is 1. The zero-order chi connectivity index (χ0) is 17.7. The van der Waals surface area contributed by atoms with Gasteiger partial charge in [-0.05, 0) is 50.6 Å². The van der Waals surface area contributed by atoms with Crippen molar-refractivity contribution in [3.05, 3.63) is 52.7 Å². The van der Waals surface area contributed by atoms with Crippen molar-refractivity contribution in [2.24, 2.45) is 0 Å². The first-order valence-corrected chi connectivity index (χ1v) is 7.81. The van der Waals surface area contributed by atoms with Crippen molar-refractivity contribution < 1.29 is 13.5 Å². The van der Waals surface area contributed by atoms with Crippen LogP contribution in [0.3, 0.4) is 0 Å². The van der Waals surface area contributed by atoms with E-state index in [-0.39, 0.29) is 0 Å². The summed E-state index contributed by atoms with van der Waals surface area (Å²) >= 11 is 0. The molecule has 1 heterocycles. The van der Waals surface area contributed by atoms with Crippen molar-refractivity contribution in [3.63, 3.8) is 0 Å². The van der Waals surface area contributed by atoms with Crippen LogP contribution in [0.15, 0.2) is 24.3 Å². The first kappa shape index (κ1) is 18.1. The molecule has 24 heavy (non-hydrogen) atoms. The number of methoxy groups -OCH3 is 1. The molecular weight excluding hydrogens is 312 g/mol. The Balaban J connectivity index is 2.15. The molecule has 2 N–H and O–H groups in total. The molecule has 0 saturated heterocycles. The minimum Gasteiger partial charge on any atom is -0.497 e. The number of pyridine rings is 1. The first-order chi connectivity index (χ1) is 11.4. The number of nitrogens with zero attached hydrogens (tertiary/aromatic N) is 2. The van der Waals surface area contributed by atoms with E-state index in [0.29, 0.717) is 42.1 Å². The molecule has 0 radical (unpaired) electrons. The van der Waals surface area contributed by atoms with Gasteiger partial charge in [0.25, 0.3) is 0 Å². The Morgan fingerprint density at radius 3 is 2.50 bits per heavy atom. The summed E-state index contributed by atoms with van der Waals surface area (Å²) in [5.41, 5.74) is 7.55. The third kappa shape index (κ3) is 4.89. The lowest BCUT2D eigenvalue weighted by Crippen LogP contribution is -2.15. The van der Waals surface area contributed by atoms with Crippen molar-refractivity contribution in [2.75, 3.05) is 33.5 Å². The fourth-order valence-electron chi connectivity index (χ4n) is 2.48. The number of ether oxygens (including phenoxy) is 1. The third-order valence-electron chi connectivity index (χ3n) is 3.77. The Kier molecular flexibility index (Phi) is 6.09. The molecule has 2 aromatic rings. The van der Waals surface area contributed by atoms with E-state index in [1.54, 1.807) is 25.3 Å². The first-order valence-electron chi connectivity index (χ1n) is 7.81. The maximum atomic E-state index is 14.1. The van der Waals surface area contributed by atoms with E-state index in [1.807, 2.05) is 19.0 Å². The van der Waals surface area contributed by atoms with Crippen molar-refractivity contribution in [2.45, 2.75) is 19.3 Å². The predicted octanol–water partition coefficient (Wildman–Crippen LogP) is 2.84. The van der Waals surface area contributed by atoms with Crippen LogP contribution in [0.1, 0.15) is 16.8 Å². The van der Waals surface area contributed by atoms with Crippen LogP contribution in [-0.2, 0) is 19.3 Å². The summed E-state index contributed by atoms with van der Waals surface area (Å²) in [7, 11) is 5.43. The molecule has 0 aliphatic carbocycles. The molecule has 1 aromatic carbocycles. The highest BCUT2D eigenvalue weighted by Gasteiger charge is 2.12. The number of halogens is 2. The summed E-state index contributed by atoms with van der Waals surface area (Å²) in [4.78, 5) is 6.21. The molecule has 1 aromatic heterocycles. The lowest BCUT2D eigenvalue weighted by atomic mass is 10.0. The number of likely N-dealkylation sites (N-methyl/N-ethyl adjacent to an activating group) is 1. The molecule has 0 aliphatic heterocycles. The quantitative estimate of drug-likeness (QED) is 0.845. The molecule has 0 bridgehead atoms. The molecule has 0 fully saturated rings. The highest BCUT2D eigenvalue weighted by molar-refractivity contribution is 5.39. The van der Waals surface area contributed by atoms with Crippen molar-refractivity contribution >= 4 is 5.82 Å². The SMILES string of the molecule is COc1cc(N)nc(CCc2cc(CCN(C)C)cc(F)c2F)c1. The van der Waals surface area contributed by atoms with Gasteiger partial charge in [0.2, 0.25) is 0 Å². The van der Waals surface area contributed by atoms with Crippen molar-refractivity contribution in [1.29, 1.82) is 0 Å². The summed E-state index contributed by atoms with van der Waals surface area (Å²) in [6.45, 7) is 0.776. The fraction of sp³-hybridized carbons (Fsp3) is 0.389. The maximum Gasteiger partial charge on any atom is 0.162 e. The van der Waals surface area contributed by atoms with E-state index >= 15 is 0 Å². The van der Waals surface area contributed by atoms with E-state index in [4.69, 9.17) is 10.5 Å². The van der Waals surface area contributed by atoms with Gasteiger partial charge in [-0.1, -0.05) is 6.07 Å². The topological polar surface area (TPSA) is 51.4 Å². The third-order valence-corrected chi connectivity index (χ3v) is 3.77. The summed E-state index contributed by atoms with van der Waals surface area (Å²) in [5.74, 6) is -0.654. The van der Waals surface area contributed by atoms with E-state index < -0.39 is 11.6 Å². The number of aromatic nitrogens is 1. The largest absolute Gasteiger partial charge is 0.497 e. The molecule has 130 valence electrons. The van der Waals surface area contributed by atoms with Crippen LogP contribution < -0.4 is 10.5 Å². The van der Waals surface area contributed by atoms with Crippen LogP contribution in [-0.4, -0.2) is 37.6 Å². The zero-order valence-electron chi connectivity index (χ0n) is 14.3.